The van der Waals surface area contributed by atoms with E-state index in [9.17, 15) is 4.79 Å². The second kappa shape index (κ2) is 3.75. The van der Waals surface area contributed by atoms with Gasteiger partial charge in [-0.15, -0.1) is 16.7 Å². The Balaban J connectivity index is 2.88. The minimum Gasteiger partial charge on any atom is -0.478 e. The van der Waals surface area contributed by atoms with Gasteiger partial charge in [-0.25, -0.2) is 14.3 Å². The summed E-state index contributed by atoms with van der Waals surface area (Å²) in [5.41, 5.74) is 2.03. The Kier molecular flexibility index (Phi) is 2.55. The van der Waals surface area contributed by atoms with Crippen molar-refractivity contribution in [2.45, 2.75) is 19.7 Å². The van der Waals surface area contributed by atoms with Crippen molar-refractivity contribution in [3.8, 4) is 0 Å². The number of aromatic carboxylic acids is 1. The van der Waals surface area contributed by atoms with E-state index in [1.807, 2.05) is 6.92 Å². The van der Waals surface area contributed by atoms with Crippen LogP contribution in [0.5, 0.6) is 0 Å². The zero-order valence-corrected chi connectivity index (χ0v) is 9.62. The Morgan fingerprint density at radius 1 is 1.56 bits per heavy atom. The van der Waals surface area contributed by atoms with Crippen molar-refractivity contribution in [3.05, 3.63) is 28.7 Å². The van der Waals surface area contributed by atoms with Gasteiger partial charge < -0.3 is 5.11 Å². The van der Waals surface area contributed by atoms with E-state index in [4.69, 9.17) is 16.7 Å². The second-order valence-corrected chi connectivity index (χ2v) is 3.81. The topological polar surface area (TPSA) is 67.5 Å². The Bertz CT molecular complexity index is 577. The van der Waals surface area contributed by atoms with Crippen molar-refractivity contribution in [1.29, 1.82) is 0 Å². The lowest BCUT2D eigenvalue weighted by Crippen LogP contribution is -2.06. The Hall–Kier alpha value is -1.62. The number of fused-ring (bicyclic) bond motifs is 1. The molecule has 0 spiro atoms. The summed E-state index contributed by atoms with van der Waals surface area (Å²) in [6.45, 7) is 3.59. The van der Waals surface area contributed by atoms with Crippen LogP contribution in [0.15, 0.2) is 6.07 Å². The standard InChI is InChI=1S/C10H10ClN3O2/c1-5-3-6(2)14-9(8(5)10(15)16)12-7(4-11)13-14/h3H,4H2,1-2H3,(H,15,16). The maximum atomic E-state index is 11.1. The first-order valence-electron chi connectivity index (χ1n) is 4.69. The lowest BCUT2D eigenvalue weighted by atomic mass is 10.1. The minimum absolute atomic E-state index is 0.166. The number of halogens is 1. The van der Waals surface area contributed by atoms with Crippen LogP contribution in [0.3, 0.4) is 0 Å². The van der Waals surface area contributed by atoms with Gasteiger partial charge in [-0.3, -0.25) is 0 Å². The fraction of sp³-hybridized carbons (Fsp3) is 0.300. The van der Waals surface area contributed by atoms with Crippen LogP contribution >= 0.6 is 11.6 Å². The summed E-state index contributed by atoms with van der Waals surface area (Å²) in [6.07, 6.45) is 0. The molecular formula is C10H10ClN3O2. The maximum absolute atomic E-state index is 11.1. The van der Waals surface area contributed by atoms with E-state index in [0.717, 1.165) is 5.69 Å². The van der Waals surface area contributed by atoms with Crippen LogP contribution in [0.25, 0.3) is 5.65 Å². The van der Waals surface area contributed by atoms with E-state index < -0.39 is 5.97 Å². The van der Waals surface area contributed by atoms with Gasteiger partial charge in [0.25, 0.3) is 0 Å². The quantitative estimate of drug-likeness (QED) is 0.812. The first-order valence-corrected chi connectivity index (χ1v) is 5.23. The van der Waals surface area contributed by atoms with Gasteiger partial charge >= 0.3 is 5.97 Å². The van der Waals surface area contributed by atoms with Gasteiger partial charge in [0.1, 0.15) is 5.56 Å². The number of carboxylic acid groups (broad SMARTS) is 1. The summed E-state index contributed by atoms with van der Waals surface area (Å²) in [5.74, 6) is -0.409. The van der Waals surface area contributed by atoms with Crippen molar-refractivity contribution in [2.24, 2.45) is 0 Å². The Morgan fingerprint density at radius 3 is 2.81 bits per heavy atom. The van der Waals surface area contributed by atoms with Crippen LogP contribution in [0.1, 0.15) is 27.4 Å². The van der Waals surface area contributed by atoms with E-state index in [2.05, 4.69) is 10.1 Å². The lowest BCUT2D eigenvalue weighted by molar-refractivity contribution is 0.0697. The van der Waals surface area contributed by atoms with Crippen LogP contribution in [-0.2, 0) is 5.88 Å². The summed E-state index contributed by atoms with van der Waals surface area (Å²) in [6, 6.07) is 1.77. The largest absolute Gasteiger partial charge is 0.478 e. The predicted octanol–water partition coefficient (Wildman–Crippen LogP) is 1.78. The molecule has 2 heterocycles. The van der Waals surface area contributed by atoms with Crippen molar-refractivity contribution in [1.82, 2.24) is 14.6 Å². The lowest BCUT2D eigenvalue weighted by Gasteiger charge is -2.04. The highest BCUT2D eigenvalue weighted by molar-refractivity contribution is 6.16. The zero-order valence-electron chi connectivity index (χ0n) is 8.86. The molecule has 0 bridgehead atoms. The van der Waals surface area contributed by atoms with Crippen LogP contribution in [0.4, 0.5) is 0 Å². The molecule has 84 valence electrons. The maximum Gasteiger partial charge on any atom is 0.339 e. The highest BCUT2D eigenvalue weighted by atomic mass is 35.5. The van der Waals surface area contributed by atoms with Gasteiger partial charge in [-0.05, 0) is 25.5 Å². The molecule has 2 aromatic rings. The number of hydrogen-bond donors (Lipinski definition) is 1. The molecule has 0 saturated carbocycles. The van der Waals surface area contributed by atoms with Crippen LogP contribution in [-0.4, -0.2) is 25.7 Å². The van der Waals surface area contributed by atoms with Gasteiger partial charge in [-0.1, -0.05) is 0 Å². The molecular weight excluding hydrogens is 230 g/mol. The second-order valence-electron chi connectivity index (χ2n) is 3.55. The first kappa shape index (κ1) is 10.9. The van der Waals surface area contributed by atoms with Crippen LogP contribution < -0.4 is 0 Å². The van der Waals surface area contributed by atoms with Gasteiger partial charge in [0.2, 0.25) is 0 Å². The molecule has 0 saturated heterocycles. The van der Waals surface area contributed by atoms with E-state index in [1.54, 1.807) is 13.0 Å². The molecule has 2 aromatic heterocycles. The molecule has 0 radical (unpaired) electrons. The van der Waals surface area contributed by atoms with Gasteiger partial charge in [0.15, 0.2) is 11.5 Å². The molecule has 0 aliphatic carbocycles. The summed E-state index contributed by atoms with van der Waals surface area (Å²) in [5, 5.41) is 13.2. The van der Waals surface area contributed by atoms with E-state index in [0.29, 0.717) is 17.0 Å². The number of rotatable bonds is 2. The Morgan fingerprint density at radius 2 is 2.25 bits per heavy atom. The minimum atomic E-state index is -1.00. The van der Waals surface area contributed by atoms with Crippen molar-refractivity contribution < 1.29 is 9.90 Å². The number of aromatic nitrogens is 3. The van der Waals surface area contributed by atoms with Gasteiger partial charge in [0.05, 0.1) is 5.88 Å². The van der Waals surface area contributed by atoms with E-state index >= 15 is 0 Å². The normalized spacial score (nSPS) is 10.9. The average molecular weight is 240 g/mol. The highest BCUT2D eigenvalue weighted by Crippen LogP contribution is 2.17. The fourth-order valence-corrected chi connectivity index (χ4v) is 1.82. The number of alkyl halides is 1. The molecule has 2 rings (SSSR count). The van der Waals surface area contributed by atoms with Gasteiger partial charge in [0, 0.05) is 5.69 Å². The van der Waals surface area contributed by atoms with Gasteiger partial charge in [-0.2, -0.15) is 0 Å². The average Bonchev–Trinajstić information content (AvgIpc) is 2.61. The molecule has 16 heavy (non-hydrogen) atoms. The molecule has 0 fully saturated rings. The number of pyridine rings is 1. The first-order chi connectivity index (χ1) is 7.54. The predicted molar refractivity (Wildman–Crippen MR) is 59.0 cm³/mol. The fourth-order valence-electron chi connectivity index (χ4n) is 1.71. The Labute approximate surface area is 96.7 Å². The number of aryl methyl sites for hydroxylation is 2. The molecule has 6 heteroatoms. The third-order valence-corrected chi connectivity index (χ3v) is 2.60. The monoisotopic (exact) mass is 239 g/mol. The van der Waals surface area contributed by atoms with Crippen molar-refractivity contribution in [2.75, 3.05) is 0 Å². The highest BCUT2D eigenvalue weighted by Gasteiger charge is 2.17. The molecule has 0 amide bonds. The number of nitrogens with zero attached hydrogens (tertiary/aromatic N) is 3. The van der Waals surface area contributed by atoms with Crippen molar-refractivity contribution in [3.63, 3.8) is 0 Å². The molecule has 5 nitrogen and oxygen atoms in total. The zero-order chi connectivity index (χ0) is 11.9. The molecule has 0 aliphatic heterocycles. The van der Waals surface area contributed by atoms with Crippen LogP contribution in [0, 0.1) is 13.8 Å². The van der Waals surface area contributed by atoms with Crippen LogP contribution in [0.2, 0.25) is 0 Å². The SMILES string of the molecule is Cc1cc(C)n2nc(CCl)nc2c1C(=O)O. The third-order valence-electron chi connectivity index (χ3n) is 2.36. The summed E-state index contributed by atoms with van der Waals surface area (Å²) in [7, 11) is 0. The summed E-state index contributed by atoms with van der Waals surface area (Å²) >= 11 is 5.64. The summed E-state index contributed by atoms with van der Waals surface area (Å²) in [4.78, 5) is 15.2. The van der Waals surface area contributed by atoms with E-state index in [-0.39, 0.29) is 11.4 Å². The number of carboxylic acids is 1. The molecule has 0 aliphatic rings. The molecule has 1 N–H and O–H groups in total. The van der Waals surface area contributed by atoms with Crippen molar-refractivity contribution >= 4 is 23.2 Å². The van der Waals surface area contributed by atoms with E-state index in [1.165, 1.54) is 4.52 Å². The molecule has 0 unspecified atom stereocenters. The molecule has 0 aromatic carbocycles. The third kappa shape index (κ3) is 1.53. The number of carbonyl (C=O) groups is 1. The summed E-state index contributed by atoms with van der Waals surface area (Å²) < 4.78 is 1.51. The molecule has 0 atom stereocenters. The number of hydrogen-bond acceptors (Lipinski definition) is 3. The smallest absolute Gasteiger partial charge is 0.339 e.